The molecule has 3 nitrogen and oxygen atoms in total. The molecule has 1 aromatic carbocycles. The van der Waals surface area contributed by atoms with E-state index in [1.807, 2.05) is 11.9 Å². The number of nitrogens with two attached hydrogens (primary N) is 1. The van der Waals surface area contributed by atoms with Crippen molar-refractivity contribution in [1.29, 1.82) is 0 Å². The fraction of sp³-hybridized carbons (Fsp3) is 0.533. The number of hydrogen-bond acceptors (Lipinski definition) is 2. The summed E-state index contributed by atoms with van der Waals surface area (Å²) in [7, 11) is 1.91. The molecule has 100 valence electrons. The van der Waals surface area contributed by atoms with Gasteiger partial charge in [-0.05, 0) is 36.1 Å². The van der Waals surface area contributed by atoms with E-state index in [4.69, 9.17) is 5.73 Å². The van der Waals surface area contributed by atoms with Gasteiger partial charge in [0.2, 0.25) is 5.91 Å². The molecule has 3 heteroatoms. The van der Waals surface area contributed by atoms with Crippen molar-refractivity contribution in [1.82, 2.24) is 4.90 Å². The van der Waals surface area contributed by atoms with Gasteiger partial charge in [-0.2, -0.15) is 0 Å². The van der Waals surface area contributed by atoms with E-state index in [0.29, 0.717) is 6.54 Å². The second-order valence-electron chi connectivity index (χ2n) is 6.03. The minimum Gasteiger partial charge on any atom is -0.369 e. The average molecular weight is 248 g/mol. The number of primary amides is 1. The highest BCUT2D eigenvalue weighted by Gasteiger charge is 2.15. The quantitative estimate of drug-likeness (QED) is 0.888. The molecule has 1 amide bonds. The maximum Gasteiger partial charge on any atom is 0.231 e. The molecule has 18 heavy (non-hydrogen) atoms. The molecule has 2 N–H and O–H groups in total. The summed E-state index contributed by atoms with van der Waals surface area (Å²) in [6.07, 6.45) is 0. The molecule has 1 rings (SSSR count). The normalized spacial score (nSPS) is 11.9. The molecule has 0 bridgehead atoms. The highest BCUT2D eigenvalue weighted by atomic mass is 16.1. The van der Waals surface area contributed by atoms with Gasteiger partial charge in [-0.3, -0.25) is 9.69 Å². The Morgan fingerprint density at radius 1 is 1.33 bits per heavy atom. The zero-order chi connectivity index (χ0) is 13.9. The molecule has 0 aliphatic heterocycles. The Balaban J connectivity index is 2.91. The van der Waals surface area contributed by atoms with Gasteiger partial charge in [-0.25, -0.2) is 0 Å². The summed E-state index contributed by atoms with van der Waals surface area (Å²) < 4.78 is 0. The fourth-order valence-corrected chi connectivity index (χ4v) is 1.92. The van der Waals surface area contributed by atoms with Crippen molar-refractivity contribution in [2.45, 2.75) is 39.7 Å². The zero-order valence-corrected chi connectivity index (χ0v) is 12.1. The van der Waals surface area contributed by atoms with E-state index < -0.39 is 0 Å². The van der Waals surface area contributed by atoms with Crippen LogP contribution in [0.15, 0.2) is 18.2 Å². The van der Waals surface area contributed by atoms with Gasteiger partial charge >= 0.3 is 0 Å². The molecule has 0 aromatic heterocycles. The number of benzene rings is 1. The number of nitrogens with zero attached hydrogens (tertiary/aromatic N) is 1. The zero-order valence-electron chi connectivity index (χ0n) is 12.1. The lowest BCUT2D eigenvalue weighted by molar-refractivity contribution is -0.118. The van der Waals surface area contributed by atoms with E-state index in [1.165, 1.54) is 16.7 Å². The monoisotopic (exact) mass is 248 g/mol. The Labute approximate surface area is 110 Å². The van der Waals surface area contributed by atoms with Crippen molar-refractivity contribution in [3.05, 3.63) is 34.9 Å². The van der Waals surface area contributed by atoms with Crippen LogP contribution in [0, 0.1) is 6.92 Å². The highest BCUT2D eigenvalue weighted by molar-refractivity contribution is 5.75. The van der Waals surface area contributed by atoms with E-state index in [-0.39, 0.29) is 11.3 Å². The molecule has 0 aliphatic rings. The maximum absolute atomic E-state index is 10.9. The van der Waals surface area contributed by atoms with Crippen molar-refractivity contribution in [2.24, 2.45) is 5.73 Å². The lowest BCUT2D eigenvalue weighted by atomic mass is 9.85. The van der Waals surface area contributed by atoms with Crippen LogP contribution in [0.2, 0.25) is 0 Å². The predicted octanol–water partition coefficient (Wildman–Crippen LogP) is 2.21. The minimum absolute atomic E-state index is 0.144. The highest BCUT2D eigenvalue weighted by Crippen LogP contribution is 2.24. The molecule has 1 aromatic rings. The van der Waals surface area contributed by atoms with Gasteiger partial charge in [0.1, 0.15) is 0 Å². The summed E-state index contributed by atoms with van der Waals surface area (Å²) in [5, 5.41) is 0. The number of amides is 1. The number of carbonyl (C=O) groups excluding carboxylic acids is 1. The second kappa shape index (κ2) is 5.53. The van der Waals surface area contributed by atoms with Gasteiger partial charge in [0.15, 0.2) is 0 Å². The first-order valence-corrected chi connectivity index (χ1v) is 6.27. The van der Waals surface area contributed by atoms with Crippen LogP contribution in [0.25, 0.3) is 0 Å². The molecule has 0 atom stereocenters. The molecule has 0 fully saturated rings. The predicted molar refractivity (Wildman–Crippen MR) is 75.4 cm³/mol. The fourth-order valence-electron chi connectivity index (χ4n) is 1.92. The van der Waals surface area contributed by atoms with Gasteiger partial charge in [0.05, 0.1) is 6.54 Å². The van der Waals surface area contributed by atoms with Crippen LogP contribution in [0.1, 0.15) is 37.5 Å². The van der Waals surface area contributed by atoms with Crippen LogP contribution in [0.5, 0.6) is 0 Å². The summed E-state index contributed by atoms with van der Waals surface area (Å²) >= 11 is 0. The molecule has 0 heterocycles. The van der Waals surface area contributed by atoms with Gasteiger partial charge in [0.25, 0.3) is 0 Å². The van der Waals surface area contributed by atoms with Crippen molar-refractivity contribution >= 4 is 5.91 Å². The van der Waals surface area contributed by atoms with Crippen molar-refractivity contribution < 1.29 is 4.79 Å². The first-order valence-electron chi connectivity index (χ1n) is 6.27. The lowest BCUT2D eigenvalue weighted by Gasteiger charge is -2.22. The summed E-state index contributed by atoms with van der Waals surface area (Å²) in [6.45, 7) is 9.75. The molecular weight excluding hydrogens is 224 g/mol. The van der Waals surface area contributed by atoms with E-state index in [9.17, 15) is 4.79 Å². The van der Waals surface area contributed by atoms with E-state index in [1.54, 1.807) is 0 Å². The average Bonchev–Trinajstić information content (AvgIpc) is 2.18. The molecule has 0 spiro atoms. The Morgan fingerprint density at radius 3 is 2.44 bits per heavy atom. The molecular formula is C15H24N2O. The van der Waals surface area contributed by atoms with E-state index in [0.717, 1.165) is 6.54 Å². The third-order valence-corrected chi connectivity index (χ3v) is 3.08. The summed E-state index contributed by atoms with van der Waals surface area (Å²) in [4.78, 5) is 12.8. The van der Waals surface area contributed by atoms with Crippen LogP contribution in [-0.4, -0.2) is 24.4 Å². The molecule has 0 radical (unpaired) electrons. The summed E-state index contributed by atoms with van der Waals surface area (Å²) in [5.41, 5.74) is 9.17. The van der Waals surface area contributed by atoms with Crippen LogP contribution < -0.4 is 5.73 Å². The minimum atomic E-state index is -0.290. The smallest absolute Gasteiger partial charge is 0.231 e. The van der Waals surface area contributed by atoms with Crippen LogP contribution >= 0.6 is 0 Å². The molecule has 0 saturated heterocycles. The lowest BCUT2D eigenvalue weighted by Crippen LogP contribution is -2.30. The third kappa shape index (κ3) is 4.15. The van der Waals surface area contributed by atoms with Gasteiger partial charge in [-0.15, -0.1) is 0 Å². The largest absolute Gasteiger partial charge is 0.369 e. The SMILES string of the molecule is Cc1ccc(C(C)(C)C)cc1CN(C)CC(N)=O. The number of aryl methyl sites for hydroxylation is 1. The van der Waals surface area contributed by atoms with E-state index >= 15 is 0 Å². The van der Waals surface area contributed by atoms with Gasteiger partial charge in [0, 0.05) is 6.54 Å². The molecule has 0 unspecified atom stereocenters. The Hall–Kier alpha value is -1.35. The second-order valence-corrected chi connectivity index (χ2v) is 6.03. The van der Waals surface area contributed by atoms with E-state index in [2.05, 4.69) is 45.9 Å². The molecule has 0 saturated carbocycles. The Bertz CT molecular complexity index is 433. The van der Waals surface area contributed by atoms with Crippen LogP contribution in [0.3, 0.4) is 0 Å². The third-order valence-electron chi connectivity index (χ3n) is 3.08. The van der Waals surface area contributed by atoms with Gasteiger partial charge < -0.3 is 5.73 Å². The van der Waals surface area contributed by atoms with Crippen molar-refractivity contribution in [3.63, 3.8) is 0 Å². The number of carbonyl (C=O) groups is 1. The number of rotatable bonds is 4. The number of hydrogen-bond donors (Lipinski definition) is 1. The van der Waals surface area contributed by atoms with Crippen LogP contribution in [0.4, 0.5) is 0 Å². The summed E-state index contributed by atoms with van der Waals surface area (Å²) in [5.74, 6) is -0.290. The first kappa shape index (κ1) is 14.7. The summed E-state index contributed by atoms with van der Waals surface area (Å²) in [6, 6.07) is 6.55. The van der Waals surface area contributed by atoms with Crippen molar-refractivity contribution in [2.75, 3.05) is 13.6 Å². The number of likely N-dealkylation sites (N-methyl/N-ethyl adjacent to an activating group) is 1. The molecule has 0 aliphatic carbocycles. The Kier molecular flexibility index (Phi) is 4.52. The topological polar surface area (TPSA) is 46.3 Å². The van der Waals surface area contributed by atoms with Crippen LogP contribution in [-0.2, 0) is 16.8 Å². The first-order chi connectivity index (χ1) is 8.20. The standard InChI is InChI=1S/C15H24N2O/c1-11-6-7-13(15(2,3)4)8-12(11)9-17(5)10-14(16)18/h6-8H,9-10H2,1-5H3,(H2,16,18). The maximum atomic E-state index is 10.9. The van der Waals surface area contributed by atoms with Crippen molar-refractivity contribution in [3.8, 4) is 0 Å². The van der Waals surface area contributed by atoms with Gasteiger partial charge in [-0.1, -0.05) is 39.0 Å². The Morgan fingerprint density at radius 2 is 1.94 bits per heavy atom.